The second-order valence-corrected chi connectivity index (χ2v) is 5.55. The molecule has 2 amide bonds. The Bertz CT molecular complexity index is 491. The zero-order chi connectivity index (χ0) is 14.5. The maximum Gasteiger partial charge on any atom is 0.328 e. The number of morpholine rings is 1. The number of carboxylic acids is 1. The molecular formula is C12H17N3O4S. The van der Waals surface area contributed by atoms with Crippen LogP contribution in [0.15, 0.2) is 6.20 Å². The largest absolute Gasteiger partial charge is 0.480 e. The van der Waals surface area contributed by atoms with Crippen molar-refractivity contribution < 1.29 is 19.4 Å². The number of nitrogens with one attached hydrogen (secondary N) is 1. The molecule has 0 aliphatic carbocycles. The van der Waals surface area contributed by atoms with Gasteiger partial charge in [0.05, 0.1) is 19.8 Å². The minimum atomic E-state index is -1.05. The molecule has 1 fully saturated rings. The summed E-state index contributed by atoms with van der Waals surface area (Å²) in [6, 6.07) is -1.32. The number of hydrogen-bond acceptors (Lipinski definition) is 5. The SMILES string of the molecule is CCc1cnc(CNC(=O)N2CCOCC2C(=O)O)s1. The fourth-order valence-corrected chi connectivity index (χ4v) is 2.70. The number of rotatable bonds is 4. The maximum atomic E-state index is 12.0. The Kier molecular flexibility index (Phi) is 4.91. The van der Waals surface area contributed by atoms with Crippen LogP contribution < -0.4 is 5.32 Å². The van der Waals surface area contributed by atoms with E-state index < -0.39 is 18.0 Å². The number of amides is 2. The summed E-state index contributed by atoms with van der Waals surface area (Å²) in [6.07, 6.45) is 2.71. The van der Waals surface area contributed by atoms with Crippen LogP contribution in [0.4, 0.5) is 4.79 Å². The summed E-state index contributed by atoms with van der Waals surface area (Å²) in [5, 5.41) is 12.6. The van der Waals surface area contributed by atoms with E-state index in [1.54, 1.807) is 17.5 Å². The van der Waals surface area contributed by atoms with E-state index in [-0.39, 0.29) is 13.2 Å². The topological polar surface area (TPSA) is 91.8 Å². The van der Waals surface area contributed by atoms with Crippen molar-refractivity contribution >= 4 is 23.3 Å². The zero-order valence-corrected chi connectivity index (χ0v) is 12.0. The molecule has 0 radical (unpaired) electrons. The first-order valence-corrected chi connectivity index (χ1v) is 7.22. The first-order valence-electron chi connectivity index (χ1n) is 6.40. The lowest BCUT2D eigenvalue weighted by Gasteiger charge is -2.32. The average Bonchev–Trinajstić information content (AvgIpc) is 2.92. The number of aromatic nitrogens is 1. The Labute approximate surface area is 120 Å². The normalized spacial score (nSPS) is 18.9. The average molecular weight is 299 g/mol. The Morgan fingerprint density at radius 3 is 3.10 bits per heavy atom. The highest BCUT2D eigenvalue weighted by atomic mass is 32.1. The van der Waals surface area contributed by atoms with Crippen LogP contribution in [-0.4, -0.2) is 52.8 Å². The van der Waals surface area contributed by atoms with Crippen LogP contribution in [0, 0.1) is 0 Å². The quantitative estimate of drug-likeness (QED) is 0.854. The number of carboxylic acid groups (broad SMARTS) is 1. The highest BCUT2D eigenvalue weighted by Crippen LogP contribution is 2.13. The standard InChI is InChI=1S/C12H17N3O4S/c1-2-8-5-13-10(20-8)6-14-12(18)15-3-4-19-7-9(15)11(16)17/h5,9H,2-4,6-7H2,1H3,(H,14,18)(H,16,17). The number of carbonyl (C=O) groups excluding carboxylic acids is 1. The van der Waals surface area contributed by atoms with Gasteiger partial charge in [0.15, 0.2) is 6.04 Å². The summed E-state index contributed by atoms with van der Waals surface area (Å²) < 4.78 is 5.09. The Morgan fingerprint density at radius 2 is 2.45 bits per heavy atom. The minimum absolute atomic E-state index is 0.0278. The van der Waals surface area contributed by atoms with Crippen LogP contribution in [0.25, 0.3) is 0 Å². The molecule has 0 bridgehead atoms. The van der Waals surface area contributed by atoms with E-state index in [9.17, 15) is 9.59 Å². The molecule has 7 nitrogen and oxygen atoms in total. The Morgan fingerprint density at radius 1 is 1.65 bits per heavy atom. The van der Waals surface area contributed by atoms with E-state index in [4.69, 9.17) is 9.84 Å². The Hall–Kier alpha value is -1.67. The lowest BCUT2D eigenvalue weighted by atomic mass is 10.2. The second kappa shape index (κ2) is 6.67. The van der Waals surface area contributed by atoms with E-state index in [1.165, 1.54) is 4.90 Å². The van der Waals surface area contributed by atoms with Crippen LogP contribution in [0.5, 0.6) is 0 Å². The van der Waals surface area contributed by atoms with E-state index >= 15 is 0 Å². The molecular weight excluding hydrogens is 282 g/mol. The lowest BCUT2D eigenvalue weighted by Crippen LogP contribution is -2.55. The summed E-state index contributed by atoms with van der Waals surface area (Å²) in [5.41, 5.74) is 0. The van der Waals surface area contributed by atoms with Gasteiger partial charge < -0.3 is 20.1 Å². The highest BCUT2D eigenvalue weighted by Gasteiger charge is 2.32. The zero-order valence-electron chi connectivity index (χ0n) is 11.2. The predicted octanol–water partition coefficient (Wildman–Crippen LogP) is 0.700. The summed E-state index contributed by atoms with van der Waals surface area (Å²) in [5.74, 6) is -1.05. The molecule has 1 unspecified atom stereocenters. The van der Waals surface area contributed by atoms with Crippen molar-refractivity contribution in [3.8, 4) is 0 Å². The van der Waals surface area contributed by atoms with Gasteiger partial charge in [-0.1, -0.05) is 6.92 Å². The number of thiazole rings is 1. The van der Waals surface area contributed by atoms with Crippen LogP contribution in [-0.2, 0) is 22.5 Å². The molecule has 2 N–H and O–H groups in total. The van der Waals surface area contributed by atoms with Gasteiger partial charge in [-0.2, -0.15) is 0 Å². The van der Waals surface area contributed by atoms with Crippen molar-refractivity contribution in [2.24, 2.45) is 0 Å². The third kappa shape index (κ3) is 3.45. The van der Waals surface area contributed by atoms with Gasteiger partial charge in [0.25, 0.3) is 0 Å². The van der Waals surface area contributed by atoms with Crippen molar-refractivity contribution in [2.75, 3.05) is 19.8 Å². The van der Waals surface area contributed by atoms with Gasteiger partial charge in [-0.15, -0.1) is 11.3 Å². The molecule has 1 aliphatic heterocycles. The summed E-state index contributed by atoms with van der Waals surface area (Å²) >= 11 is 1.54. The third-order valence-corrected chi connectivity index (χ3v) is 4.16. The fourth-order valence-electron chi connectivity index (χ4n) is 1.90. The van der Waals surface area contributed by atoms with Crippen molar-refractivity contribution in [1.29, 1.82) is 0 Å². The van der Waals surface area contributed by atoms with E-state index in [1.807, 2.05) is 6.92 Å². The Balaban J connectivity index is 1.91. The van der Waals surface area contributed by atoms with Crippen molar-refractivity contribution in [2.45, 2.75) is 25.9 Å². The lowest BCUT2D eigenvalue weighted by molar-refractivity contribution is -0.147. The van der Waals surface area contributed by atoms with E-state index in [0.29, 0.717) is 13.2 Å². The number of carbonyl (C=O) groups is 2. The van der Waals surface area contributed by atoms with Gasteiger partial charge in [0.1, 0.15) is 5.01 Å². The maximum absolute atomic E-state index is 12.0. The first-order chi connectivity index (χ1) is 9.61. The molecule has 110 valence electrons. The predicted molar refractivity (Wildman–Crippen MR) is 72.7 cm³/mol. The summed E-state index contributed by atoms with van der Waals surface area (Å²) in [7, 11) is 0. The monoisotopic (exact) mass is 299 g/mol. The molecule has 2 rings (SSSR count). The minimum Gasteiger partial charge on any atom is -0.480 e. The second-order valence-electron chi connectivity index (χ2n) is 4.35. The number of urea groups is 1. The summed E-state index contributed by atoms with van der Waals surface area (Å²) in [4.78, 5) is 29.8. The van der Waals surface area contributed by atoms with Crippen molar-refractivity contribution in [3.63, 3.8) is 0 Å². The van der Waals surface area contributed by atoms with Gasteiger partial charge in [0.2, 0.25) is 0 Å². The molecule has 20 heavy (non-hydrogen) atoms. The van der Waals surface area contributed by atoms with Gasteiger partial charge >= 0.3 is 12.0 Å². The van der Waals surface area contributed by atoms with Gasteiger partial charge in [-0.3, -0.25) is 0 Å². The number of aliphatic carboxylic acids is 1. The fraction of sp³-hybridized carbons (Fsp3) is 0.583. The van der Waals surface area contributed by atoms with Crippen LogP contribution in [0.3, 0.4) is 0 Å². The molecule has 1 aromatic rings. The van der Waals surface area contributed by atoms with Crippen LogP contribution in [0.2, 0.25) is 0 Å². The highest BCUT2D eigenvalue weighted by molar-refractivity contribution is 7.11. The number of hydrogen-bond donors (Lipinski definition) is 2. The first kappa shape index (κ1) is 14.7. The van der Waals surface area contributed by atoms with Gasteiger partial charge in [-0.25, -0.2) is 14.6 Å². The van der Waals surface area contributed by atoms with Gasteiger partial charge in [-0.05, 0) is 6.42 Å². The molecule has 1 aromatic heterocycles. The molecule has 2 heterocycles. The van der Waals surface area contributed by atoms with E-state index in [2.05, 4.69) is 10.3 Å². The van der Waals surface area contributed by atoms with Crippen LogP contribution in [0.1, 0.15) is 16.8 Å². The molecule has 1 atom stereocenters. The molecule has 8 heteroatoms. The van der Waals surface area contributed by atoms with Crippen molar-refractivity contribution in [1.82, 2.24) is 15.2 Å². The molecule has 1 saturated heterocycles. The number of ether oxygens (including phenoxy) is 1. The molecule has 1 aliphatic rings. The summed E-state index contributed by atoms with van der Waals surface area (Å²) in [6.45, 7) is 3.02. The molecule has 0 spiro atoms. The number of nitrogens with zero attached hydrogens (tertiary/aromatic N) is 2. The van der Waals surface area contributed by atoms with Gasteiger partial charge in [0, 0.05) is 17.6 Å². The molecule has 0 aromatic carbocycles. The third-order valence-electron chi connectivity index (χ3n) is 3.02. The van der Waals surface area contributed by atoms with Crippen molar-refractivity contribution in [3.05, 3.63) is 16.1 Å². The number of aryl methyl sites for hydroxylation is 1. The smallest absolute Gasteiger partial charge is 0.328 e. The van der Waals surface area contributed by atoms with E-state index in [0.717, 1.165) is 16.3 Å². The molecule has 0 saturated carbocycles. The van der Waals surface area contributed by atoms with Crippen LogP contribution >= 0.6 is 11.3 Å².